The number of carbonyl (C=O) groups is 1. The number of nitrogens with one attached hydrogen (secondary N) is 2. The molecule has 2 aromatic carbocycles. The number of hydrogen-bond acceptors (Lipinski definition) is 5. The highest BCUT2D eigenvalue weighted by Gasteiger charge is 2.08. The Kier molecular flexibility index (Phi) is 5.98. The van der Waals surface area contributed by atoms with Gasteiger partial charge in [0.05, 0.1) is 11.6 Å². The van der Waals surface area contributed by atoms with Crippen molar-refractivity contribution in [3.63, 3.8) is 0 Å². The Morgan fingerprint density at radius 3 is 2.52 bits per heavy atom. The number of amides is 1. The number of halogens is 1. The monoisotopic (exact) mass is 377 g/mol. The van der Waals surface area contributed by atoms with Gasteiger partial charge in [0.25, 0.3) is 5.91 Å². The predicted molar refractivity (Wildman–Crippen MR) is 104 cm³/mol. The maximum atomic E-state index is 12.3. The minimum atomic E-state index is -0.269. The third-order valence-corrected chi connectivity index (χ3v) is 4.05. The highest BCUT2D eigenvalue weighted by Crippen LogP contribution is 2.15. The van der Waals surface area contributed by atoms with Gasteiger partial charge in [-0.15, -0.1) is 0 Å². The van der Waals surface area contributed by atoms with Gasteiger partial charge in [0.2, 0.25) is 0 Å². The largest absolute Gasteiger partial charge is 0.350 e. The Labute approximate surface area is 161 Å². The van der Waals surface area contributed by atoms with E-state index in [9.17, 15) is 4.79 Å². The van der Waals surface area contributed by atoms with E-state index in [1.165, 1.54) is 6.33 Å². The van der Waals surface area contributed by atoms with Gasteiger partial charge in [0, 0.05) is 23.3 Å². The zero-order valence-corrected chi connectivity index (χ0v) is 15.1. The molecule has 0 spiro atoms. The Morgan fingerprint density at radius 2 is 1.81 bits per heavy atom. The molecule has 0 bridgehead atoms. The molecule has 0 saturated carbocycles. The van der Waals surface area contributed by atoms with E-state index in [-0.39, 0.29) is 11.6 Å². The molecule has 0 fully saturated rings. The molecule has 1 heterocycles. The molecule has 2 N–H and O–H groups in total. The minimum Gasteiger partial charge on any atom is -0.350 e. The first-order valence-electron chi connectivity index (χ1n) is 8.26. The lowest BCUT2D eigenvalue weighted by atomic mass is 10.1. The highest BCUT2D eigenvalue weighted by atomic mass is 35.5. The SMILES string of the molecule is N#Cc1ccc(Nc2cc(C(=O)NCCc3ccc(Cl)cc3)ncn2)cc1. The van der Waals surface area contributed by atoms with Crippen molar-refractivity contribution < 1.29 is 4.79 Å². The number of anilines is 2. The zero-order valence-electron chi connectivity index (χ0n) is 14.3. The molecule has 6 nitrogen and oxygen atoms in total. The molecule has 27 heavy (non-hydrogen) atoms. The molecular formula is C20H16ClN5O. The van der Waals surface area contributed by atoms with Gasteiger partial charge in [-0.05, 0) is 48.4 Å². The van der Waals surface area contributed by atoms with E-state index in [0.717, 1.165) is 11.3 Å². The van der Waals surface area contributed by atoms with E-state index in [2.05, 4.69) is 26.7 Å². The fraction of sp³-hybridized carbons (Fsp3) is 0.100. The van der Waals surface area contributed by atoms with Crippen molar-refractivity contribution in [3.05, 3.63) is 82.8 Å². The van der Waals surface area contributed by atoms with Crippen LogP contribution in [0.4, 0.5) is 11.5 Å². The van der Waals surface area contributed by atoms with Crippen LogP contribution in [0.25, 0.3) is 0 Å². The van der Waals surface area contributed by atoms with Gasteiger partial charge in [-0.1, -0.05) is 23.7 Å². The van der Waals surface area contributed by atoms with Crippen molar-refractivity contribution in [1.29, 1.82) is 5.26 Å². The average Bonchev–Trinajstić information content (AvgIpc) is 2.70. The topological polar surface area (TPSA) is 90.7 Å². The zero-order chi connectivity index (χ0) is 19.1. The fourth-order valence-electron chi connectivity index (χ4n) is 2.39. The Bertz CT molecular complexity index is 965. The van der Waals surface area contributed by atoms with Crippen LogP contribution in [0.3, 0.4) is 0 Å². The summed E-state index contributed by atoms with van der Waals surface area (Å²) in [7, 11) is 0. The smallest absolute Gasteiger partial charge is 0.270 e. The van der Waals surface area contributed by atoms with Gasteiger partial charge in [-0.25, -0.2) is 9.97 Å². The number of rotatable bonds is 6. The molecule has 1 aromatic heterocycles. The number of aromatic nitrogens is 2. The maximum absolute atomic E-state index is 12.3. The van der Waals surface area contributed by atoms with Crippen LogP contribution in [0, 0.1) is 11.3 Å². The van der Waals surface area contributed by atoms with Crippen LogP contribution < -0.4 is 10.6 Å². The third-order valence-electron chi connectivity index (χ3n) is 3.80. The van der Waals surface area contributed by atoms with Crippen molar-refractivity contribution in [2.75, 3.05) is 11.9 Å². The lowest BCUT2D eigenvalue weighted by Gasteiger charge is -2.08. The normalized spacial score (nSPS) is 10.1. The third kappa shape index (κ3) is 5.27. The summed E-state index contributed by atoms with van der Waals surface area (Å²) in [6.07, 6.45) is 2.03. The molecule has 134 valence electrons. The fourth-order valence-corrected chi connectivity index (χ4v) is 2.51. The summed E-state index contributed by atoms with van der Waals surface area (Å²) in [5.74, 6) is 0.229. The van der Waals surface area contributed by atoms with Crippen LogP contribution in [0.2, 0.25) is 5.02 Å². The summed E-state index contributed by atoms with van der Waals surface area (Å²) in [6, 6.07) is 18.1. The molecule has 3 aromatic rings. The summed E-state index contributed by atoms with van der Waals surface area (Å²) >= 11 is 5.86. The molecule has 0 atom stereocenters. The Hall–Kier alpha value is -3.43. The van der Waals surface area contributed by atoms with E-state index >= 15 is 0 Å². The molecule has 0 saturated heterocycles. The van der Waals surface area contributed by atoms with Crippen LogP contribution in [-0.2, 0) is 6.42 Å². The lowest BCUT2D eigenvalue weighted by Crippen LogP contribution is -2.26. The summed E-state index contributed by atoms with van der Waals surface area (Å²) in [6.45, 7) is 0.489. The average molecular weight is 378 g/mol. The highest BCUT2D eigenvalue weighted by molar-refractivity contribution is 6.30. The second-order valence-electron chi connectivity index (χ2n) is 5.74. The summed E-state index contributed by atoms with van der Waals surface area (Å²) in [5, 5.41) is 15.4. The second-order valence-corrected chi connectivity index (χ2v) is 6.17. The molecule has 0 unspecified atom stereocenters. The number of nitrogens with zero attached hydrogens (tertiary/aromatic N) is 3. The summed E-state index contributed by atoms with van der Waals surface area (Å²) in [4.78, 5) is 20.4. The molecule has 3 rings (SSSR count). The molecule has 0 aliphatic carbocycles. The number of hydrogen-bond donors (Lipinski definition) is 2. The first-order valence-corrected chi connectivity index (χ1v) is 8.64. The molecule has 0 radical (unpaired) electrons. The first kappa shape index (κ1) is 18.4. The van der Waals surface area contributed by atoms with Crippen LogP contribution in [0.5, 0.6) is 0 Å². The van der Waals surface area contributed by atoms with Crippen molar-refractivity contribution >= 4 is 29.0 Å². The van der Waals surface area contributed by atoms with E-state index in [1.807, 2.05) is 24.3 Å². The predicted octanol–water partition coefficient (Wildman–Crippen LogP) is 3.72. The van der Waals surface area contributed by atoms with Gasteiger partial charge in [0.1, 0.15) is 17.8 Å². The molecule has 0 aliphatic rings. The Morgan fingerprint density at radius 1 is 1.07 bits per heavy atom. The quantitative estimate of drug-likeness (QED) is 0.683. The van der Waals surface area contributed by atoms with Crippen LogP contribution in [-0.4, -0.2) is 22.4 Å². The van der Waals surface area contributed by atoms with Crippen LogP contribution in [0.15, 0.2) is 60.9 Å². The van der Waals surface area contributed by atoms with Crippen LogP contribution >= 0.6 is 11.6 Å². The van der Waals surface area contributed by atoms with Crippen molar-refractivity contribution in [2.24, 2.45) is 0 Å². The van der Waals surface area contributed by atoms with Crippen molar-refractivity contribution in [2.45, 2.75) is 6.42 Å². The first-order chi connectivity index (χ1) is 13.1. The summed E-state index contributed by atoms with van der Waals surface area (Å²) in [5.41, 5.74) is 2.70. The second kappa shape index (κ2) is 8.79. The number of carbonyl (C=O) groups excluding carboxylic acids is 1. The summed E-state index contributed by atoms with van der Waals surface area (Å²) < 4.78 is 0. The molecule has 7 heteroatoms. The van der Waals surface area contributed by atoms with E-state index < -0.39 is 0 Å². The van der Waals surface area contributed by atoms with Gasteiger partial charge >= 0.3 is 0 Å². The van der Waals surface area contributed by atoms with E-state index in [4.69, 9.17) is 16.9 Å². The van der Waals surface area contributed by atoms with Crippen LogP contribution in [0.1, 0.15) is 21.6 Å². The van der Waals surface area contributed by atoms with E-state index in [0.29, 0.717) is 29.4 Å². The number of nitriles is 1. The van der Waals surface area contributed by atoms with Gasteiger partial charge in [-0.3, -0.25) is 4.79 Å². The van der Waals surface area contributed by atoms with E-state index in [1.54, 1.807) is 30.3 Å². The molecular weight excluding hydrogens is 362 g/mol. The number of benzene rings is 2. The lowest BCUT2D eigenvalue weighted by molar-refractivity contribution is 0.0949. The standard InChI is InChI=1S/C20H16ClN5O/c21-16-5-1-14(2-6-16)9-10-23-20(27)18-11-19(25-13-24-18)26-17-7-3-15(12-22)4-8-17/h1-8,11,13H,9-10H2,(H,23,27)(H,24,25,26). The minimum absolute atomic E-state index is 0.269. The van der Waals surface area contributed by atoms with Crippen molar-refractivity contribution in [3.8, 4) is 6.07 Å². The van der Waals surface area contributed by atoms with Gasteiger partial charge in [0.15, 0.2) is 0 Å². The molecule has 1 amide bonds. The van der Waals surface area contributed by atoms with Gasteiger partial charge < -0.3 is 10.6 Å². The van der Waals surface area contributed by atoms with Crippen molar-refractivity contribution in [1.82, 2.24) is 15.3 Å². The Balaban J connectivity index is 1.57. The van der Waals surface area contributed by atoms with Gasteiger partial charge in [-0.2, -0.15) is 5.26 Å². The maximum Gasteiger partial charge on any atom is 0.270 e. The molecule has 0 aliphatic heterocycles.